The molecule has 1 aliphatic rings. The van der Waals surface area contributed by atoms with Crippen LogP contribution in [0.25, 0.3) is 11.4 Å². The maximum Gasteiger partial charge on any atom is 0.322 e. The van der Waals surface area contributed by atoms with Gasteiger partial charge in [0, 0.05) is 47.9 Å². The summed E-state index contributed by atoms with van der Waals surface area (Å²) < 4.78 is 0. The summed E-state index contributed by atoms with van der Waals surface area (Å²) in [6.07, 6.45) is 0.680. The van der Waals surface area contributed by atoms with Crippen LogP contribution < -0.4 is 10.2 Å². The van der Waals surface area contributed by atoms with Crippen molar-refractivity contribution in [2.75, 3.05) is 23.8 Å². The zero-order valence-corrected chi connectivity index (χ0v) is 18.7. The number of urea groups is 1. The largest absolute Gasteiger partial charge is 0.357 e. The third kappa shape index (κ3) is 4.64. The number of nitrogens with one attached hydrogen (secondary N) is 1. The van der Waals surface area contributed by atoms with E-state index in [4.69, 9.17) is 21.6 Å². The molecular weight excluding hydrogens is 410 g/mol. The van der Waals surface area contributed by atoms with E-state index in [2.05, 4.69) is 24.1 Å². The van der Waals surface area contributed by atoms with Crippen LogP contribution in [-0.2, 0) is 13.0 Å². The monoisotopic (exact) mass is 435 g/mol. The van der Waals surface area contributed by atoms with Crippen molar-refractivity contribution in [2.24, 2.45) is 0 Å². The lowest BCUT2D eigenvalue weighted by Gasteiger charge is -2.33. The number of aromatic nitrogens is 2. The average Bonchev–Trinajstić information content (AvgIpc) is 2.78. The van der Waals surface area contributed by atoms with E-state index < -0.39 is 0 Å². The quantitative estimate of drug-likeness (QED) is 0.609. The van der Waals surface area contributed by atoms with Crippen molar-refractivity contribution < 1.29 is 4.79 Å². The van der Waals surface area contributed by atoms with Crippen molar-refractivity contribution in [3.05, 3.63) is 70.9 Å². The molecule has 0 radical (unpaired) electrons. The van der Waals surface area contributed by atoms with Gasteiger partial charge in [-0.25, -0.2) is 14.8 Å². The van der Waals surface area contributed by atoms with Gasteiger partial charge in [0.05, 0.1) is 12.2 Å². The normalized spacial score (nSPS) is 13.1. The molecule has 31 heavy (non-hydrogen) atoms. The van der Waals surface area contributed by atoms with Crippen LogP contribution >= 0.6 is 11.6 Å². The Morgan fingerprint density at radius 3 is 2.61 bits per heavy atom. The first kappa shape index (κ1) is 21.1. The zero-order chi connectivity index (χ0) is 22.0. The van der Waals surface area contributed by atoms with Crippen LogP contribution in [0.5, 0.6) is 0 Å². The van der Waals surface area contributed by atoms with E-state index in [1.165, 1.54) is 0 Å². The molecule has 0 aliphatic carbocycles. The summed E-state index contributed by atoms with van der Waals surface area (Å²) >= 11 is 6.04. The Kier molecular flexibility index (Phi) is 6.09. The molecule has 2 amide bonds. The highest BCUT2D eigenvalue weighted by Gasteiger charge is 2.27. The minimum Gasteiger partial charge on any atom is -0.357 e. The second-order valence-electron chi connectivity index (χ2n) is 7.98. The smallest absolute Gasteiger partial charge is 0.322 e. The Balaban J connectivity index is 1.65. The number of hydrogen-bond donors (Lipinski definition) is 1. The fourth-order valence-electron chi connectivity index (χ4n) is 3.59. The average molecular weight is 436 g/mol. The fraction of sp³-hybridized carbons (Fsp3) is 0.292. The second-order valence-corrected chi connectivity index (χ2v) is 8.42. The molecule has 160 valence electrons. The summed E-state index contributed by atoms with van der Waals surface area (Å²) in [5.74, 6) is 1.60. The highest BCUT2D eigenvalue weighted by molar-refractivity contribution is 6.30. The van der Waals surface area contributed by atoms with Gasteiger partial charge in [0.2, 0.25) is 0 Å². The number of rotatable bonds is 4. The number of amides is 2. The van der Waals surface area contributed by atoms with E-state index >= 15 is 0 Å². The van der Waals surface area contributed by atoms with Gasteiger partial charge in [-0.1, -0.05) is 48.0 Å². The highest BCUT2D eigenvalue weighted by Crippen LogP contribution is 2.30. The Hall–Kier alpha value is -3.12. The molecule has 7 heteroatoms. The standard InChI is InChI=1S/C24H26ClN5O/c1-16(2)29(3)23-20-15-30(24(31)26-19-11-7-10-18(25)14-19)13-12-21(20)27-22(28-23)17-8-5-4-6-9-17/h4-11,14,16H,12-13,15H2,1-3H3,(H,26,31). The molecule has 3 aromatic rings. The lowest BCUT2D eigenvalue weighted by molar-refractivity contribution is 0.206. The number of anilines is 2. The maximum absolute atomic E-state index is 12.9. The van der Waals surface area contributed by atoms with E-state index in [0.29, 0.717) is 30.2 Å². The molecule has 0 fully saturated rings. The summed E-state index contributed by atoms with van der Waals surface area (Å²) in [5, 5.41) is 3.53. The fourth-order valence-corrected chi connectivity index (χ4v) is 3.78. The third-order valence-corrected chi connectivity index (χ3v) is 5.78. The van der Waals surface area contributed by atoms with Gasteiger partial charge in [0.15, 0.2) is 5.82 Å². The van der Waals surface area contributed by atoms with Gasteiger partial charge in [-0.3, -0.25) is 0 Å². The van der Waals surface area contributed by atoms with E-state index in [9.17, 15) is 4.79 Å². The molecule has 0 unspecified atom stereocenters. The van der Waals surface area contributed by atoms with Crippen LogP contribution in [0.15, 0.2) is 54.6 Å². The van der Waals surface area contributed by atoms with Crippen molar-refractivity contribution in [1.29, 1.82) is 0 Å². The second kappa shape index (κ2) is 8.94. The van der Waals surface area contributed by atoms with Crippen LogP contribution in [0.3, 0.4) is 0 Å². The van der Waals surface area contributed by atoms with Gasteiger partial charge in [-0.05, 0) is 32.0 Å². The summed E-state index contributed by atoms with van der Waals surface area (Å²) in [6.45, 7) is 5.31. The Labute approximate surface area is 187 Å². The number of carbonyl (C=O) groups excluding carboxylic acids is 1. The van der Waals surface area contributed by atoms with E-state index in [1.807, 2.05) is 49.5 Å². The summed E-state index contributed by atoms with van der Waals surface area (Å²) in [7, 11) is 2.03. The van der Waals surface area contributed by atoms with Crippen molar-refractivity contribution in [3.8, 4) is 11.4 Å². The van der Waals surface area contributed by atoms with E-state index in [-0.39, 0.29) is 12.1 Å². The van der Waals surface area contributed by atoms with Crippen molar-refractivity contribution in [2.45, 2.75) is 32.9 Å². The Bertz CT molecular complexity index is 1090. The number of carbonyl (C=O) groups is 1. The van der Waals surface area contributed by atoms with Gasteiger partial charge < -0.3 is 15.1 Å². The Morgan fingerprint density at radius 1 is 1.13 bits per heavy atom. The van der Waals surface area contributed by atoms with Crippen molar-refractivity contribution >= 4 is 29.1 Å². The van der Waals surface area contributed by atoms with Crippen molar-refractivity contribution in [3.63, 3.8) is 0 Å². The number of hydrogen-bond acceptors (Lipinski definition) is 4. The predicted octanol–water partition coefficient (Wildman–Crippen LogP) is 5.23. The number of halogens is 1. The van der Waals surface area contributed by atoms with Crippen LogP contribution in [0.1, 0.15) is 25.1 Å². The molecule has 6 nitrogen and oxygen atoms in total. The summed E-state index contributed by atoms with van der Waals surface area (Å²) in [5.41, 5.74) is 3.68. The van der Waals surface area contributed by atoms with Crippen LogP contribution in [-0.4, -0.2) is 40.5 Å². The molecule has 1 N–H and O–H groups in total. The Morgan fingerprint density at radius 2 is 1.90 bits per heavy atom. The van der Waals surface area contributed by atoms with Gasteiger partial charge in [0.25, 0.3) is 0 Å². The molecule has 0 saturated heterocycles. The molecule has 0 bridgehead atoms. The number of benzene rings is 2. The molecule has 0 atom stereocenters. The SMILES string of the molecule is CC(C)N(C)c1nc(-c2ccccc2)nc2c1CN(C(=O)Nc1cccc(Cl)c1)CC2. The van der Waals surface area contributed by atoms with Crippen LogP contribution in [0, 0.1) is 0 Å². The topological polar surface area (TPSA) is 61.4 Å². The summed E-state index contributed by atoms with van der Waals surface area (Å²) in [6, 6.07) is 17.3. The first-order chi connectivity index (χ1) is 14.9. The summed E-state index contributed by atoms with van der Waals surface area (Å²) in [4.78, 5) is 26.6. The van der Waals surface area contributed by atoms with Gasteiger partial charge in [-0.2, -0.15) is 0 Å². The van der Waals surface area contributed by atoms with Gasteiger partial charge >= 0.3 is 6.03 Å². The molecule has 1 aromatic heterocycles. The third-order valence-electron chi connectivity index (χ3n) is 5.54. The molecule has 1 aliphatic heterocycles. The minimum atomic E-state index is -0.154. The molecule has 2 heterocycles. The molecule has 4 rings (SSSR count). The first-order valence-electron chi connectivity index (χ1n) is 10.4. The molecule has 0 saturated carbocycles. The highest BCUT2D eigenvalue weighted by atomic mass is 35.5. The molecule has 2 aromatic carbocycles. The minimum absolute atomic E-state index is 0.154. The number of nitrogens with zero attached hydrogens (tertiary/aromatic N) is 4. The first-order valence-corrected chi connectivity index (χ1v) is 10.8. The lowest BCUT2D eigenvalue weighted by Crippen LogP contribution is -2.40. The van der Waals surface area contributed by atoms with Crippen LogP contribution in [0.4, 0.5) is 16.3 Å². The van der Waals surface area contributed by atoms with Crippen LogP contribution in [0.2, 0.25) is 5.02 Å². The lowest BCUT2D eigenvalue weighted by atomic mass is 10.0. The van der Waals surface area contributed by atoms with E-state index in [0.717, 1.165) is 28.5 Å². The number of fused-ring (bicyclic) bond motifs is 1. The maximum atomic E-state index is 12.9. The molecular formula is C24H26ClN5O. The predicted molar refractivity (Wildman–Crippen MR) is 126 cm³/mol. The zero-order valence-electron chi connectivity index (χ0n) is 18.0. The van der Waals surface area contributed by atoms with Gasteiger partial charge in [0.1, 0.15) is 5.82 Å². The molecule has 0 spiro atoms. The van der Waals surface area contributed by atoms with Gasteiger partial charge in [-0.15, -0.1) is 0 Å². The van der Waals surface area contributed by atoms with Crippen molar-refractivity contribution in [1.82, 2.24) is 14.9 Å². The van der Waals surface area contributed by atoms with E-state index in [1.54, 1.807) is 17.0 Å².